The minimum Gasteiger partial charge on any atom is -0.342 e. The summed E-state index contributed by atoms with van der Waals surface area (Å²) in [5.41, 5.74) is 0.695. The van der Waals surface area contributed by atoms with Crippen molar-refractivity contribution in [3.63, 3.8) is 0 Å². The van der Waals surface area contributed by atoms with Crippen molar-refractivity contribution in [2.24, 2.45) is 0 Å². The Morgan fingerprint density at radius 1 is 1.40 bits per heavy atom. The van der Waals surface area contributed by atoms with Gasteiger partial charge in [-0.1, -0.05) is 22.9 Å². The molecule has 1 aromatic rings. The van der Waals surface area contributed by atoms with Gasteiger partial charge in [0.2, 0.25) is 0 Å². The molecular weight excluding hydrogens is 322 g/mol. The van der Waals surface area contributed by atoms with E-state index >= 15 is 0 Å². The Morgan fingerprint density at radius 3 is 2.67 bits per heavy atom. The third-order valence-electron chi connectivity index (χ3n) is 2.06. The fourth-order valence-electron chi connectivity index (χ4n) is 1.30. The van der Waals surface area contributed by atoms with Gasteiger partial charge in [0.15, 0.2) is 0 Å². The first-order valence-corrected chi connectivity index (χ1v) is 6.35. The maximum Gasteiger partial charge on any atom is 0.254 e. The maximum absolute atomic E-state index is 12.0. The van der Waals surface area contributed by atoms with Gasteiger partial charge in [-0.3, -0.25) is 4.79 Å². The van der Waals surface area contributed by atoms with Crippen LogP contribution in [-0.4, -0.2) is 24.4 Å². The summed E-state index contributed by atoms with van der Waals surface area (Å²) >= 11 is 6.74. The van der Waals surface area contributed by atoms with Crippen LogP contribution < -0.4 is 0 Å². The van der Waals surface area contributed by atoms with Crippen molar-refractivity contribution in [2.75, 3.05) is 13.6 Å². The summed E-state index contributed by atoms with van der Waals surface area (Å²) < 4.78 is 1.75. The average molecular weight is 335 g/mol. The molecule has 0 spiro atoms. The van der Waals surface area contributed by atoms with Crippen LogP contribution in [0.15, 0.2) is 27.1 Å². The number of halogens is 2. The Bertz CT molecular complexity index is 366. The third kappa shape index (κ3) is 3.31. The maximum atomic E-state index is 12.0. The second-order valence-electron chi connectivity index (χ2n) is 3.35. The van der Waals surface area contributed by atoms with Gasteiger partial charge in [0.1, 0.15) is 0 Å². The van der Waals surface area contributed by atoms with Crippen LogP contribution >= 0.6 is 31.9 Å². The second-order valence-corrected chi connectivity index (χ2v) is 5.12. The topological polar surface area (TPSA) is 20.3 Å². The highest BCUT2D eigenvalue weighted by Crippen LogP contribution is 2.22. The van der Waals surface area contributed by atoms with Gasteiger partial charge in [-0.05, 0) is 40.5 Å². The van der Waals surface area contributed by atoms with Crippen molar-refractivity contribution in [1.82, 2.24) is 4.90 Å². The zero-order valence-corrected chi connectivity index (χ0v) is 11.9. The van der Waals surface area contributed by atoms with E-state index in [1.807, 2.05) is 25.2 Å². The van der Waals surface area contributed by atoms with Gasteiger partial charge in [0.25, 0.3) is 5.91 Å². The first-order valence-electron chi connectivity index (χ1n) is 4.76. The summed E-state index contributed by atoms with van der Waals surface area (Å²) in [4.78, 5) is 13.7. The molecule has 0 aliphatic heterocycles. The third-order valence-corrected chi connectivity index (χ3v) is 3.25. The lowest BCUT2D eigenvalue weighted by atomic mass is 10.2. The summed E-state index contributed by atoms with van der Waals surface area (Å²) in [6.45, 7) is 2.83. The van der Waals surface area contributed by atoms with Gasteiger partial charge in [-0.15, -0.1) is 0 Å². The van der Waals surface area contributed by atoms with Crippen molar-refractivity contribution in [2.45, 2.75) is 13.3 Å². The normalized spacial score (nSPS) is 10.1. The molecule has 0 atom stereocenters. The van der Waals surface area contributed by atoms with Gasteiger partial charge in [-0.2, -0.15) is 0 Å². The molecule has 0 bridgehead atoms. The molecule has 1 aromatic carbocycles. The Morgan fingerprint density at radius 2 is 2.07 bits per heavy atom. The molecule has 0 unspecified atom stereocenters. The van der Waals surface area contributed by atoms with E-state index in [0.717, 1.165) is 21.9 Å². The summed E-state index contributed by atoms with van der Waals surface area (Å²) in [7, 11) is 1.82. The standard InChI is InChI=1S/C11H13Br2NO/c1-3-6-14(2)11(15)9-7-8(12)4-5-10(9)13/h4-5,7H,3,6H2,1-2H3. The minimum atomic E-state index is 0.0463. The molecule has 0 radical (unpaired) electrons. The number of amides is 1. The van der Waals surface area contributed by atoms with Crippen molar-refractivity contribution >= 4 is 37.8 Å². The van der Waals surface area contributed by atoms with Crippen LogP contribution in [0.1, 0.15) is 23.7 Å². The second kappa shape index (κ2) is 5.66. The Balaban J connectivity index is 2.95. The minimum absolute atomic E-state index is 0.0463. The first-order chi connectivity index (χ1) is 7.06. The molecule has 0 aromatic heterocycles. The summed E-state index contributed by atoms with van der Waals surface area (Å²) in [6, 6.07) is 5.61. The molecule has 0 heterocycles. The van der Waals surface area contributed by atoms with E-state index in [0.29, 0.717) is 5.56 Å². The van der Waals surface area contributed by atoms with Gasteiger partial charge < -0.3 is 4.90 Å². The smallest absolute Gasteiger partial charge is 0.254 e. The zero-order valence-electron chi connectivity index (χ0n) is 8.76. The number of carbonyl (C=O) groups is 1. The highest BCUT2D eigenvalue weighted by molar-refractivity contribution is 9.11. The van der Waals surface area contributed by atoms with Crippen LogP contribution in [0.3, 0.4) is 0 Å². The van der Waals surface area contributed by atoms with Gasteiger partial charge in [0, 0.05) is 22.5 Å². The highest BCUT2D eigenvalue weighted by Gasteiger charge is 2.14. The molecular formula is C11H13Br2NO. The molecule has 2 nitrogen and oxygen atoms in total. The molecule has 1 rings (SSSR count). The molecule has 82 valence electrons. The molecule has 0 saturated heterocycles. The van der Waals surface area contributed by atoms with Crippen molar-refractivity contribution in [3.8, 4) is 0 Å². The Kier molecular flexibility index (Phi) is 4.80. The van der Waals surface area contributed by atoms with Crippen LogP contribution in [0.4, 0.5) is 0 Å². The van der Waals surface area contributed by atoms with Crippen molar-refractivity contribution in [1.29, 1.82) is 0 Å². The lowest BCUT2D eigenvalue weighted by molar-refractivity contribution is 0.0794. The summed E-state index contributed by atoms with van der Waals surface area (Å²) in [5, 5.41) is 0. The number of rotatable bonds is 3. The Hall–Kier alpha value is -0.350. The fraction of sp³-hybridized carbons (Fsp3) is 0.364. The molecule has 0 aliphatic carbocycles. The summed E-state index contributed by atoms with van der Waals surface area (Å²) in [5.74, 6) is 0.0463. The van der Waals surface area contributed by atoms with Gasteiger partial charge >= 0.3 is 0 Å². The Labute approximate surface area is 107 Å². The fourth-order valence-corrected chi connectivity index (χ4v) is 2.08. The van der Waals surface area contributed by atoms with E-state index in [2.05, 4.69) is 38.8 Å². The SMILES string of the molecule is CCCN(C)C(=O)c1cc(Br)ccc1Br. The summed E-state index contributed by atoms with van der Waals surface area (Å²) in [6.07, 6.45) is 0.966. The molecule has 1 amide bonds. The lowest BCUT2D eigenvalue weighted by Gasteiger charge is -2.17. The molecule has 0 aliphatic rings. The van der Waals surface area contributed by atoms with E-state index < -0.39 is 0 Å². The van der Waals surface area contributed by atoms with E-state index in [9.17, 15) is 4.79 Å². The lowest BCUT2D eigenvalue weighted by Crippen LogP contribution is -2.27. The van der Waals surface area contributed by atoms with Gasteiger partial charge in [-0.25, -0.2) is 0 Å². The van der Waals surface area contributed by atoms with Crippen LogP contribution in [0, 0.1) is 0 Å². The van der Waals surface area contributed by atoms with Crippen LogP contribution in [0.5, 0.6) is 0 Å². The first kappa shape index (κ1) is 12.7. The molecule has 0 N–H and O–H groups in total. The van der Waals surface area contributed by atoms with E-state index in [1.165, 1.54) is 0 Å². The van der Waals surface area contributed by atoms with Crippen LogP contribution in [0.2, 0.25) is 0 Å². The number of hydrogen-bond donors (Lipinski definition) is 0. The van der Waals surface area contributed by atoms with Crippen molar-refractivity contribution < 1.29 is 4.79 Å². The predicted molar refractivity (Wildman–Crippen MR) is 69.1 cm³/mol. The number of hydrogen-bond acceptors (Lipinski definition) is 1. The van der Waals surface area contributed by atoms with E-state index in [1.54, 1.807) is 4.90 Å². The largest absolute Gasteiger partial charge is 0.342 e. The molecule has 0 fully saturated rings. The van der Waals surface area contributed by atoms with Crippen LogP contribution in [0.25, 0.3) is 0 Å². The van der Waals surface area contributed by atoms with E-state index in [-0.39, 0.29) is 5.91 Å². The number of benzene rings is 1. The average Bonchev–Trinajstić information content (AvgIpc) is 2.21. The zero-order chi connectivity index (χ0) is 11.4. The number of carbonyl (C=O) groups excluding carboxylic acids is 1. The number of nitrogens with zero attached hydrogens (tertiary/aromatic N) is 1. The molecule has 4 heteroatoms. The van der Waals surface area contributed by atoms with Crippen molar-refractivity contribution in [3.05, 3.63) is 32.7 Å². The van der Waals surface area contributed by atoms with Gasteiger partial charge in [0.05, 0.1) is 5.56 Å². The molecule has 0 saturated carbocycles. The van der Waals surface area contributed by atoms with Crippen LogP contribution in [-0.2, 0) is 0 Å². The van der Waals surface area contributed by atoms with E-state index in [4.69, 9.17) is 0 Å². The monoisotopic (exact) mass is 333 g/mol. The highest BCUT2D eigenvalue weighted by atomic mass is 79.9. The molecule has 15 heavy (non-hydrogen) atoms. The quantitative estimate of drug-likeness (QED) is 0.825. The predicted octanol–water partition coefficient (Wildman–Crippen LogP) is 3.69.